The molecule has 3 heteroatoms. The Morgan fingerprint density at radius 1 is 1.33 bits per heavy atom. The molecule has 0 aromatic heterocycles. The van der Waals surface area contributed by atoms with Crippen molar-refractivity contribution >= 4 is 0 Å². The number of likely N-dealkylation sites (tertiary alicyclic amines) is 1. The molecule has 0 unspecified atom stereocenters. The highest BCUT2D eigenvalue weighted by Crippen LogP contribution is 2.15. The molecule has 0 atom stereocenters. The molecule has 1 N–H and O–H groups in total. The average molecular weight is 250 g/mol. The second-order valence-electron chi connectivity index (χ2n) is 5.46. The van der Waals surface area contributed by atoms with Crippen LogP contribution in [0.4, 0.5) is 4.39 Å². The molecule has 0 spiro atoms. The highest BCUT2D eigenvalue weighted by molar-refractivity contribution is 5.23. The number of aryl methyl sites for hydroxylation is 1. The van der Waals surface area contributed by atoms with Gasteiger partial charge in [0.25, 0.3) is 0 Å². The number of nitrogens with one attached hydrogen (secondary N) is 1. The lowest BCUT2D eigenvalue weighted by Crippen LogP contribution is -2.34. The molecule has 1 aliphatic heterocycles. The van der Waals surface area contributed by atoms with Gasteiger partial charge in [0.05, 0.1) is 0 Å². The Kier molecular flexibility index (Phi) is 4.72. The summed E-state index contributed by atoms with van der Waals surface area (Å²) >= 11 is 0. The molecule has 100 valence electrons. The Balaban J connectivity index is 1.73. The molecule has 1 heterocycles. The summed E-state index contributed by atoms with van der Waals surface area (Å²) in [5.41, 5.74) is 1.75. The van der Waals surface area contributed by atoms with Crippen molar-refractivity contribution < 1.29 is 4.39 Å². The first-order valence-corrected chi connectivity index (χ1v) is 6.79. The van der Waals surface area contributed by atoms with E-state index in [0.29, 0.717) is 5.56 Å². The molecule has 18 heavy (non-hydrogen) atoms. The minimum Gasteiger partial charge on any atom is -0.312 e. The summed E-state index contributed by atoms with van der Waals surface area (Å²) in [4.78, 5) is 2.38. The maximum Gasteiger partial charge on any atom is 0.126 e. The van der Waals surface area contributed by atoms with Gasteiger partial charge in [0.1, 0.15) is 5.82 Å². The molecule has 0 radical (unpaired) electrons. The van der Waals surface area contributed by atoms with E-state index in [2.05, 4.69) is 17.3 Å². The van der Waals surface area contributed by atoms with Crippen LogP contribution < -0.4 is 5.32 Å². The van der Waals surface area contributed by atoms with Gasteiger partial charge in [-0.15, -0.1) is 0 Å². The summed E-state index contributed by atoms with van der Waals surface area (Å²) in [5, 5.41) is 3.45. The largest absolute Gasteiger partial charge is 0.312 e. The van der Waals surface area contributed by atoms with E-state index >= 15 is 0 Å². The Labute approximate surface area is 109 Å². The van der Waals surface area contributed by atoms with Crippen molar-refractivity contribution in [2.75, 3.05) is 26.7 Å². The van der Waals surface area contributed by atoms with Gasteiger partial charge in [-0.05, 0) is 69.6 Å². The van der Waals surface area contributed by atoms with Gasteiger partial charge in [-0.2, -0.15) is 0 Å². The van der Waals surface area contributed by atoms with Crippen molar-refractivity contribution in [1.82, 2.24) is 10.2 Å². The number of halogens is 1. The smallest absolute Gasteiger partial charge is 0.126 e. The van der Waals surface area contributed by atoms with Crippen LogP contribution in [0.3, 0.4) is 0 Å². The van der Waals surface area contributed by atoms with Crippen molar-refractivity contribution in [3.63, 3.8) is 0 Å². The summed E-state index contributed by atoms with van der Waals surface area (Å²) in [5.74, 6) is 0.671. The number of benzene rings is 1. The predicted octanol–water partition coefficient (Wildman–Crippen LogP) is 2.57. The van der Waals surface area contributed by atoms with E-state index in [0.717, 1.165) is 24.6 Å². The predicted molar refractivity (Wildman–Crippen MR) is 73.1 cm³/mol. The van der Waals surface area contributed by atoms with Gasteiger partial charge in [0.2, 0.25) is 0 Å². The number of rotatable bonds is 4. The van der Waals surface area contributed by atoms with Gasteiger partial charge in [0.15, 0.2) is 0 Å². The highest BCUT2D eigenvalue weighted by Gasteiger charge is 2.15. The lowest BCUT2D eigenvalue weighted by atomic mass is 9.97. The van der Waals surface area contributed by atoms with Crippen LogP contribution in [0.2, 0.25) is 0 Å². The normalized spacial score (nSPS) is 18.2. The maximum absolute atomic E-state index is 13.4. The lowest BCUT2D eigenvalue weighted by molar-refractivity contribution is 0.216. The fourth-order valence-corrected chi connectivity index (χ4v) is 2.43. The first kappa shape index (κ1) is 13.5. The Morgan fingerprint density at radius 3 is 2.72 bits per heavy atom. The van der Waals surface area contributed by atoms with E-state index < -0.39 is 0 Å². The molecular formula is C15H23FN2. The molecule has 1 aromatic carbocycles. The Bertz CT molecular complexity index is 384. The third kappa shape index (κ3) is 3.79. The van der Waals surface area contributed by atoms with E-state index in [1.54, 1.807) is 13.0 Å². The highest BCUT2D eigenvalue weighted by atomic mass is 19.1. The first-order chi connectivity index (χ1) is 8.65. The van der Waals surface area contributed by atoms with Crippen LogP contribution >= 0.6 is 0 Å². The first-order valence-electron chi connectivity index (χ1n) is 6.79. The van der Waals surface area contributed by atoms with Crippen LogP contribution in [0.1, 0.15) is 24.0 Å². The quantitative estimate of drug-likeness (QED) is 0.883. The Morgan fingerprint density at radius 2 is 2.06 bits per heavy atom. The van der Waals surface area contributed by atoms with Gasteiger partial charge in [-0.25, -0.2) is 4.39 Å². The SMILES string of the molecule is Cc1ccc(CNCC2CCN(C)CC2)cc1F. The van der Waals surface area contributed by atoms with Crippen LogP contribution in [0.15, 0.2) is 18.2 Å². The van der Waals surface area contributed by atoms with Crippen LogP contribution in [0, 0.1) is 18.7 Å². The van der Waals surface area contributed by atoms with Gasteiger partial charge >= 0.3 is 0 Å². The van der Waals surface area contributed by atoms with Crippen molar-refractivity contribution in [3.05, 3.63) is 35.1 Å². The molecule has 2 rings (SSSR count). The second kappa shape index (κ2) is 6.30. The van der Waals surface area contributed by atoms with Gasteiger partial charge in [-0.1, -0.05) is 12.1 Å². The van der Waals surface area contributed by atoms with Crippen molar-refractivity contribution in [2.24, 2.45) is 5.92 Å². The lowest BCUT2D eigenvalue weighted by Gasteiger charge is -2.29. The summed E-state index contributed by atoms with van der Waals surface area (Å²) < 4.78 is 13.4. The molecule has 0 aliphatic carbocycles. The minimum absolute atomic E-state index is 0.103. The zero-order valence-electron chi connectivity index (χ0n) is 11.4. The third-order valence-corrected chi connectivity index (χ3v) is 3.84. The third-order valence-electron chi connectivity index (χ3n) is 3.84. The molecule has 2 nitrogen and oxygen atoms in total. The van der Waals surface area contributed by atoms with Gasteiger partial charge < -0.3 is 10.2 Å². The summed E-state index contributed by atoms with van der Waals surface area (Å²) in [7, 11) is 2.18. The summed E-state index contributed by atoms with van der Waals surface area (Å²) in [6.45, 7) is 6.01. The topological polar surface area (TPSA) is 15.3 Å². The number of hydrogen-bond acceptors (Lipinski definition) is 2. The maximum atomic E-state index is 13.4. The van der Waals surface area contributed by atoms with Crippen LogP contribution in [-0.4, -0.2) is 31.6 Å². The fourth-order valence-electron chi connectivity index (χ4n) is 2.43. The van der Waals surface area contributed by atoms with Crippen molar-refractivity contribution in [2.45, 2.75) is 26.3 Å². The summed E-state index contributed by atoms with van der Waals surface area (Å²) in [6, 6.07) is 5.49. The molecule has 1 aliphatic rings. The average Bonchev–Trinajstić information content (AvgIpc) is 2.36. The van der Waals surface area contributed by atoms with Crippen LogP contribution in [0.25, 0.3) is 0 Å². The van der Waals surface area contributed by atoms with E-state index in [-0.39, 0.29) is 5.82 Å². The Hall–Kier alpha value is -0.930. The molecule has 0 bridgehead atoms. The second-order valence-corrected chi connectivity index (χ2v) is 5.46. The fraction of sp³-hybridized carbons (Fsp3) is 0.600. The number of piperidine rings is 1. The molecule has 0 amide bonds. The standard InChI is InChI=1S/C15H23FN2/c1-12-3-4-14(9-15(12)16)11-17-10-13-5-7-18(2)8-6-13/h3-4,9,13,17H,5-8,10-11H2,1-2H3. The van der Waals surface area contributed by atoms with Gasteiger partial charge in [0, 0.05) is 6.54 Å². The molecular weight excluding hydrogens is 227 g/mol. The molecule has 1 fully saturated rings. The molecule has 0 saturated carbocycles. The van der Waals surface area contributed by atoms with Crippen molar-refractivity contribution in [1.29, 1.82) is 0 Å². The number of nitrogens with zero attached hydrogens (tertiary/aromatic N) is 1. The molecule has 1 aromatic rings. The minimum atomic E-state index is -0.103. The van der Waals surface area contributed by atoms with E-state index in [4.69, 9.17) is 0 Å². The monoisotopic (exact) mass is 250 g/mol. The van der Waals surface area contributed by atoms with E-state index in [1.807, 2.05) is 12.1 Å². The molecule has 1 saturated heterocycles. The zero-order chi connectivity index (χ0) is 13.0. The summed E-state index contributed by atoms with van der Waals surface area (Å²) in [6.07, 6.45) is 2.54. The van der Waals surface area contributed by atoms with E-state index in [1.165, 1.54) is 25.9 Å². The zero-order valence-corrected chi connectivity index (χ0v) is 11.4. The van der Waals surface area contributed by atoms with E-state index in [9.17, 15) is 4.39 Å². The van der Waals surface area contributed by atoms with Crippen molar-refractivity contribution in [3.8, 4) is 0 Å². The van der Waals surface area contributed by atoms with Gasteiger partial charge in [-0.3, -0.25) is 0 Å². The van der Waals surface area contributed by atoms with Crippen LogP contribution in [-0.2, 0) is 6.54 Å². The number of hydrogen-bond donors (Lipinski definition) is 1. The van der Waals surface area contributed by atoms with Crippen LogP contribution in [0.5, 0.6) is 0 Å².